The topological polar surface area (TPSA) is 42.0 Å². The Kier molecular flexibility index (Phi) is 5.17. The number of benzene rings is 2. The molecule has 0 aliphatic heterocycles. The van der Waals surface area contributed by atoms with Crippen LogP contribution < -0.4 is 5.32 Å². The van der Waals surface area contributed by atoms with E-state index in [9.17, 15) is 4.79 Å². The van der Waals surface area contributed by atoms with E-state index in [2.05, 4.69) is 32.9 Å². The van der Waals surface area contributed by atoms with Gasteiger partial charge in [0.15, 0.2) is 0 Å². The number of aryl methyl sites for hydroxylation is 1. The lowest BCUT2D eigenvalue weighted by atomic mass is 10.2. The molecule has 23 heavy (non-hydrogen) atoms. The van der Waals surface area contributed by atoms with Gasteiger partial charge in [0.05, 0.1) is 16.3 Å². The third-order valence-electron chi connectivity index (χ3n) is 3.39. The minimum Gasteiger partial charge on any atom is -0.325 e. The summed E-state index contributed by atoms with van der Waals surface area (Å²) in [6, 6.07) is 17.9. The standard InChI is InChI=1S/C18H15IN2OS/c1-12-10-14(19)7-8-15(12)20-17(22)11-23-18-9-6-13-4-2-3-5-16(13)21-18/h2-10H,11H2,1H3,(H,20,22). The van der Waals surface area contributed by atoms with Crippen LogP contribution in [0.2, 0.25) is 0 Å². The molecule has 0 saturated carbocycles. The zero-order valence-electron chi connectivity index (χ0n) is 12.5. The summed E-state index contributed by atoms with van der Waals surface area (Å²) in [6.45, 7) is 2.00. The molecule has 0 atom stereocenters. The molecule has 1 aromatic heterocycles. The molecule has 1 heterocycles. The molecule has 0 aliphatic rings. The number of fused-ring (bicyclic) bond motifs is 1. The highest BCUT2D eigenvalue weighted by Gasteiger charge is 2.07. The van der Waals surface area contributed by atoms with Gasteiger partial charge in [0.25, 0.3) is 0 Å². The van der Waals surface area contributed by atoms with E-state index in [0.717, 1.165) is 30.7 Å². The number of pyridine rings is 1. The monoisotopic (exact) mass is 434 g/mol. The highest BCUT2D eigenvalue weighted by molar-refractivity contribution is 14.1. The van der Waals surface area contributed by atoms with Gasteiger partial charge in [0.2, 0.25) is 5.91 Å². The quantitative estimate of drug-likeness (QED) is 0.470. The maximum Gasteiger partial charge on any atom is 0.234 e. The number of aromatic nitrogens is 1. The third kappa shape index (κ3) is 4.23. The van der Waals surface area contributed by atoms with Gasteiger partial charge in [-0.2, -0.15) is 0 Å². The largest absolute Gasteiger partial charge is 0.325 e. The summed E-state index contributed by atoms with van der Waals surface area (Å²) in [5.74, 6) is 0.325. The lowest BCUT2D eigenvalue weighted by molar-refractivity contribution is -0.113. The molecule has 0 saturated heterocycles. The van der Waals surface area contributed by atoms with Crippen molar-refractivity contribution in [1.82, 2.24) is 4.98 Å². The van der Waals surface area contributed by atoms with Crippen molar-refractivity contribution in [2.75, 3.05) is 11.1 Å². The number of para-hydroxylation sites is 1. The average molecular weight is 434 g/mol. The maximum absolute atomic E-state index is 12.1. The smallest absolute Gasteiger partial charge is 0.234 e. The summed E-state index contributed by atoms with van der Waals surface area (Å²) >= 11 is 3.71. The Morgan fingerprint density at radius 2 is 2.00 bits per heavy atom. The number of carbonyl (C=O) groups is 1. The Balaban J connectivity index is 1.63. The first-order valence-electron chi connectivity index (χ1n) is 7.16. The molecule has 2 aromatic carbocycles. The number of anilines is 1. The van der Waals surface area contributed by atoms with E-state index in [-0.39, 0.29) is 5.91 Å². The van der Waals surface area contributed by atoms with E-state index in [1.165, 1.54) is 11.8 Å². The molecule has 116 valence electrons. The van der Waals surface area contributed by atoms with Crippen LogP contribution in [0.1, 0.15) is 5.56 Å². The molecular weight excluding hydrogens is 419 g/mol. The first-order valence-corrected chi connectivity index (χ1v) is 9.23. The van der Waals surface area contributed by atoms with Crippen molar-refractivity contribution in [3.05, 3.63) is 63.7 Å². The summed E-state index contributed by atoms with van der Waals surface area (Å²) in [4.78, 5) is 16.7. The second-order valence-corrected chi connectivity index (χ2v) is 7.38. The van der Waals surface area contributed by atoms with Gasteiger partial charge in [-0.3, -0.25) is 4.79 Å². The Hall–Kier alpha value is -1.60. The van der Waals surface area contributed by atoms with Crippen molar-refractivity contribution in [2.24, 2.45) is 0 Å². The second-order valence-electron chi connectivity index (χ2n) is 5.14. The van der Waals surface area contributed by atoms with Crippen LogP contribution in [0.25, 0.3) is 10.9 Å². The molecule has 0 fully saturated rings. The molecule has 0 aliphatic carbocycles. The summed E-state index contributed by atoms with van der Waals surface area (Å²) in [5, 5.41) is 4.92. The van der Waals surface area contributed by atoms with Crippen LogP contribution in [0, 0.1) is 10.5 Å². The number of halogens is 1. The Morgan fingerprint density at radius 1 is 1.17 bits per heavy atom. The van der Waals surface area contributed by atoms with Gasteiger partial charge in [-0.1, -0.05) is 36.0 Å². The number of amides is 1. The van der Waals surface area contributed by atoms with Crippen LogP contribution in [0.15, 0.2) is 59.6 Å². The van der Waals surface area contributed by atoms with E-state index in [0.29, 0.717) is 5.75 Å². The van der Waals surface area contributed by atoms with Gasteiger partial charge in [0, 0.05) is 14.6 Å². The first-order chi connectivity index (χ1) is 11.1. The van der Waals surface area contributed by atoms with E-state index in [1.54, 1.807) is 0 Å². The molecule has 0 bridgehead atoms. The predicted molar refractivity (Wildman–Crippen MR) is 105 cm³/mol. The fourth-order valence-corrected chi connectivity index (χ4v) is 3.55. The fourth-order valence-electron chi connectivity index (χ4n) is 2.22. The Morgan fingerprint density at radius 3 is 2.83 bits per heavy atom. The van der Waals surface area contributed by atoms with Crippen molar-refractivity contribution < 1.29 is 4.79 Å². The number of hydrogen-bond acceptors (Lipinski definition) is 3. The molecule has 1 N–H and O–H groups in total. The van der Waals surface area contributed by atoms with Gasteiger partial charge in [-0.15, -0.1) is 0 Å². The van der Waals surface area contributed by atoms with Gasteiger partial charge < -0.3 is 5.32 Å². The van der Waals surface area contributed by atoms with Crippen molar-refractivity contribution in [2.45, 2.75) is 11.9 Å². The van der Waals surface area contributed by atoms with Crippen LogP contribution in [-0.4, -0.2) is 16.6 Å². The van der Waals surface area contributed by atoms with Crippen LogP contribution in [0.4, 0.5) is 5.69 Å². The van der Waals surface area contributed by atoms with E-state index < -0.39 is 0 Å². The normalized spacial score (nSPS) is 10.7. The molecule has 0 unspecified atom stereocenters. The highest BCUT2D eigenvalue weighted by Crippen LogP contribution is 2.21. The van der Waals surface area contributed by atoms with Gasteiger partial charge in [0.1, 0.15) is 0 Å². The van der Waals surface area contributed by atoms with E-state index >= 15 is 0 Å². The summed E-state index contributed by atoms with van der Waals surface area (Å²) in [6.07, 6.45) is 0. The van der Waals surface area contributed by atoms with E-state index in [1.807, 2.05) is 61.5 Å². The molecule has 0 spiro atoms. The lowest BCUT2D eigenvalue weighted by Crippen LogP contribution is -2.15. The number of nitrogens with zero attached hydrogens (tertiary/aromatic N) is 1. The zero-order chi connectivity index (χ0) is 16.2. The average Bonchev–Trinajstić information content (AvgIpc) is 2.55. The second kappa shape index (κ2) is 7.31. The van der Waals surface area contributed by atoms with Gasteiger partial charge in [-0.25, -0.2) is 4.98 Å². The summed E-state index contributed by atoms with van der Waals surface area (Å²) < 4.78 is 1.16. The minimum absolute atomic E-state index is 0.0192. The van der Waals surface area contributed by atoms with Crippen molar-refractivity contribution >= 4 is 56.9 Å². The van der Waals surface area contributed by atoms with Crippen LogP contribution >= 0.6 is 34.4 Å². The number of carbonyl (C=O) groups excluding carboxylic acids is 1. The van der Waals surface area contributed by atoms with Crippen LogP contribution in [0.3, 0.4) is 0 Å². The van der Waals surface area contributed by atoms with Crippen molar-refractivity contribution in [3.63, 3.8) is 0 Å². The molecule has 1 amide bonds. The lowest BCUT2D eigenvalue weighted by Gasteiger charge is -2.08. The Labute approximate surface area is 153 Å². The maximum atomic E-state index is 12.1. The fraction of sp³-hybridized carbons (Fsp3) is 0.111. The molecule has 0 radical (unpaired) electrons. The zero-order valence-corrected chi connectivity index (χ0v) is 15.5. The van der Waals surface area contributed by atoms with Crippen molar-refractivity contribution in [1.29, 1.82) is 0 Å². The first kappa shape index (κ1) is 16.3. The van der Waals surface area contributed by atoms with Gasteiger partial charge in [-0.05, 0) is 65.4 Å². The number of thioether (sulfide) groups is 1. The molecule has 3 rings (SSSR count). The number of nitrogens with one attached hydrogen (secondary N) is 1. The molecular formula is C18H15IN2OS. The molecule has 5 heteroatoms. The SMILES string of the molecule is Cc1cc(I)ccc1NC(=O)CSc1ccc2ccccc2n1. The van der Waals surface area contributed by atoms with E-state index in [4.69, 9.17) is 0 Å². The predicted octanol–water partition coefficient (Wildman–Crippen LogP) is 4.88. The van der Waals surface area contributed by atoms with Crippen LogP contribution in [0.5, 0.6) is 0 Å². The highest BCUT2D eigenvalue weighted by atomic mass is 127. The van der Waals surface area contributed by atoms with Crippen molar-refractivity contribution in [3.8, 4) is 0 Å². The molecule has 3 nitrogen and oxygen atoms in total. The third-order valence-corrected chi connectivity index (χ3v) is 4.99. The number of hydrogen-bond donors (Lipinski definition) is 1. The number of rotatable bonds is 4. The Bertz CT molecular complexity index is 867. The minimum atomic E-state index is -0.0192. The summed E-state index contributed by atoms with van der Waals surface area (Å²) in [5.41, 5.74) is 2.88. The van der Waals surface area contributed by atoms with Crippen LogP contribution in [-0.2, 0) is 4.79 Å². The molecule has 3 aromatic rings. The van der Waals surface area contributed by atoms with Gasteiger partial charge >= 0.3 is 0 Å². The summed E-state index contributed by atoms with van der Waals surface area (Å²) in [7, 11) is 0.